The van der Waals surface area contributed by atoms with E-state index in [0.29, 0.717) is 5.69 Å². The highest BCUT2D eigenvalue weighted by Crippen LogP contribution is 2.22. The molecule has 6 nitrogen and oxygen atoms in total. The standard InChI is InChI=1S/C14H20N4O2.2ClH/c15-17-10-16-13-11(4-3-5-12(13)14(19)20)6-9-18-7-1-2-8-18;;/h3-5,10H,1-2,6-9,15H2,(H,16,17)(H,19,20);2*1H. The Morgan fingerprint density at radius 3 is 2.64 bits per heavy atom. The lowest BCUT2D eigenvalue weighted by atomic mass is 10.0. The summed E-state index contributed by atoms with van der Waals surface area (Å²) in [7, 11) is 0. The van der Waals surface area contributed by atoms with E-state index in [9.17, 15) is 9.90 Å². The Morgan fingerprint density at radius 2 is 2.05 bits per heavy atom. The number of hydrogen-bond acceptors (Lipinski definition) is 4. The second-order valence-electron chi connectivity index (χ2n) is 4.87. The number of carbonyl (C=O) groups is 1. The zero-order valence-corrected chi connectivity index (χ0v) is 13.8. The second-order valence-corrected chi connectivity index (χ2v) is 4.87. The smallest absolute Gasteiger partial charge is 0.337 e. The van der Waals surface area contributed by atoms with Crippen LogP contribution in [0.2, 0.25) is 0 Å². The van der Waals surface area contributed by atoms with Crippen LogP contribution in [0.5, 0.6) is 0 Å². The molecular formula is C14H22Cl2N4O2. The molecule has 0 aliphatic carbocycles. The van der Waals surface area contributed by atoms with E-state index in [2.05, 4.69) is 15.3 Å². The average molecular weight is 349 g/mol. The van der Waals surface area contributed by atoms with E-state index in [-0.39, 0.29) is 30.4 Å². The third kappa shape index (κ3) is 5.36. The number of halogens is 2. The molecule has 2 rings (SSSR count). The van der Waals surface area contributed by atoms with Crippen LogP contribution in [0.3, 0.4) is 0 Å². The lowest BCUT2D eigenvalue weighted by Gasteiger charge is -2.17. The molecule has 1 aromatic rings. The maximum atomic E-state index is 11.3. The number of para-hydroxylation sites is 1. The number of anilines is 1. The van der Waals surface area contributed by atoms with Gasteiger partial charge in [0.2, 0.25) is 0 Å². The van der Waals surface area contributed by atoms with Crippen LogP contribution in [-0.4, -0.2) is 41.9 Å². The molecule has 22 heavy (non-hydrogen) atoms. The predicted molar refractivity (Wildman–Crippen MR) is 93.6 cm³/mol. The predicted octanol–water partition coefficient (Wildman–Crippen LogP) is 2.18. The normalized spacial score (nSPS) is 14.4. The van der Waals surface area contributed by atoms with Gasteiger partial charge in [0.1, 0.15) is 6.34 Å². The third-order valence-electron chi connectivity index (χ3n) is 3.56. The number of carboxylic acid groups (broad SMARTS) is 1. The summed E-state index contributed by atoms with van der Waals surface area (Å²) in [6.07, 6.45) is 4.61. The van der Waals surface area contributed by atoms with Crippen molar-refractivity contribution in [3.63, 3.8) is 0 Å². The van der Waals surface area contributed by atoms with Crippen molar-refractivity contribution in [2.24, 2.45) is 10.9 Å². The molecule has 4 N–H and O–H groups in total. The molecule has 0 spiro atoms. The van der Waals surface area contributed by atoms with Crippen LogP contribution in [0.4, 0.5) is 5.69 Å². The van der Waals surface area contributed by atoms with Crippen LogP contribution in [0.15, 0.2) is 23.3 Å². The number of nitrogens with two attached hydrogens (primary N) is 1. The lowest BCUT2D eigenvalue weighted by molar-refractivity contribution is 0.0698. The number of carboxylic acids is 1. The molecule has 8 heteroatoms. The van der Waals surface area contributed by atoms with Gasteiger partial charge >= 0.3 is 5.97 Å². The summed E-state index contributed by atoms with van der Waals surface area (Å²) >= 11 is 0. The molecule has 0 unspecified atom stereocenters. The zero-order valence-electron chi connectivity index (χ0n) is 12.2. The van der Waals surface area contributed by atoms with E-state index in [1.54, 1.807) is 12.1 Å². The van der Waals surface area contributed by atoms with E-state index < -0.39 is 5.97 Å². The number of hydrogen-bond donors (Lipinski definition) is 3. The summed E-state index contributed by atoms with van der Waals surface area (Å²) in [5.74, 6) is 4.12. The Morgan fingerprint density at radius 1 is 1.36 bits per heavy atom. The minimum Gasteiger partial charge on any atom is -0.478 e. The van der Waals surface area contributed by atoms with Crippen molar-refractivity contribution in [3.8, 4) is 0 Å². The fraction of sp³-hybridized carbons (Fsp3) is 0.429. The summed E-state index contributed by atoms with van der Waals surface area (Å²) in [6, 6.07) is 5.29. The molecule has 1 aliphatic rings. The van der Waals surface area contributed by atoms with E-state index in [0.717, 1.165) is 31.6 Å². The number of likely N-dealkylation sites (tertiary alicyclic amines) is 1. The summed E-state index contributed by atoms with van der Waals surface area (Å²) < 4.78 is 0. The highest BCUT2D eigenvalue weighted by molar-refractivity contribution is 5.98. The summed E-state index contributed by atoms with van der Waals surface area (Å²) in [4.78, 5) is 13.7. The SMILES string of the molecule is Cl.Cl.NN=CNc1c(CCN2CCCC2)cccc1C(=O)O. The molecule has 1 saturated heterocycles. The quantitative estimate of drug-likeness (QED) is 0.317. The molecule has 1 aromatic carbocycles. The number of rotatable bonds is 6. The zero-order chi connectivity index (χ0) is 14.4. The second kappa shape index (κ2) is 10.3. The number of hydrazone groups is 1. The highest BCUT2D eigenvalue weighted by Gasteiger charge is 2.15. The van der Waals surface area contributed by atoms with Crippen molar-refractivity contribution in [2.75, 3.05) is 25.0 Å². The summed E-state index contributed by atoms with van der Waals surface area (Å²) in [5.41, 5.74) is 1.79. The molecule has 1 aliphatic heterocycles. The maximum absolute atomic E-state index is 11.3. The van der Waals surface area contributed by atoms with E-state index >= 15 is 0 Å². The van der Waals surface area contributed by atoms with Gasteiger partial charge < -0.3 is 21.2 Å². The van der Waals surface area contributed by atoms with Crippen LogP contribution in [0.1, 0.15) is 28.8 Å². The fourth-order valence-electron chi connectivity index (χ4n) is 2.54. The summed E-state index contributed by atoms with van der Waals surface area (Å²) in [5, 5.41) is 15.5. The average Bonchev–Trinajstić information content (AvgIpc) is 2.96. The number of nitrogens with zero attached hydrogens (tertiary/aromatic N) is 2. The molecule has 0 aromatic heterocycles. The van der Waals surface area contributed by atoms with Gasteiger partial charge in [0.05, 0.1) is 11.3 Å². The van der Waals surface area contributed by atoms with Crippen LogP contribution in [0.25, 0.3) is 0 Å². The van der Waals surface area contributed by atoms with Gasteiger partial charge in [0, 0.05) is 6.54 Å². The molecule has 124 valence electrons. The minimum absolute atomic E-state index is 0. The Labute approximate surface area is 142 Å². The molecule has 0 amide bonds. The van der Waals surface area contributed by atoms with Crippen LogP contribution in [-0.2, 0) is 6.42 Å². The van der Waals surface area contributed by atoms with Gasteiger partial charge in [-0.1, -0.05) is 12.1 Å². The third-order valence-corrected chi connectivity index (χ3v) is 3.56. The topological polar surface area (TPSA) is 91.0 Å². The fourth-order valence-corrected chi connectivity index (χ4v) is 2.54. The van der Waals surface area contributed by atoms with Crippen LogP contribution < -0.4 is 11.2 Å². The molecular weight excluding hydrogens is 327 g/mol. The van der Waals surface area contributed by atoms with E-state index in [4.69, 9.17) is 5.84 Å². The monoisotopic (exact) mass is 348 g/mol. The lowest BCUT2D eigenvalue weighted by Crippen LogP contribution is -2.22. The van der Waals surface area contributed by atoms with Gasteiger partial charge in [-0.2, -0.15) is 5.10 Å². The molecule has 1 fully saturated rings. The Balaban J connectivity index is 0.00000220. The maximum Gasteiger partial charge on any atom is 0.337 e. The van der Waals surface area contributed by atoms with E-state index in [1.165, 1.54) is 19.2 Å². The minimum atomic E-state index is -0.957. The van der Waals surface area contributed by atoms with Crippen LogP contribution in [0, 0.1) is 0 Å². The van der Waals surface area contributed by atoms with Crippen molar-refractivity contribution in [1.82, 2.24) is 4.90 Å². The Kier molecular flexibility index (Phi) is 9.56. The number of aromatic carboxylic acids is 1. The molecule has 1 heterocycles. The van der Waals surface area contributed by atoms with Gasteiger partial charge in [-0.05, 0) is 44.0 Å². The van der Waals surface area contributed by atoms with Gasteiger partial charge in [-0.15, -0.1) is 24.8 Å². The van der Waals surface area contributed by atoms with Crippen molar-refractivity contribution >= 4 is 42.8 Å². The van der Waals surface area contributed by atoms with Gasteiger partial charge in [-0.3, -0.25) is 0 Å². The Bertz CT molecular complexity index is 506. The Hall–Kier alpha value is -1.50. The van der Waals surface area contributed by atoms with Crippen molar-refractivity contribution in [3.05, 3.63) is 29.3 Å². The first kappa shape index (κ1) is 20.5. The number of nitrogens with one attached hydrogen (secondary N) is 1. The first-order valence-electron chi connectivity index (χ1n) is 6.78. The van der Waals surface area contributed by atoms with Gasteiger partial charge in [0.25, 0.3) is 0 Å². The molecule has 0 saturated carbocycles. The highest BCUT2D eigenvalue weighted by atomic mass is 35.5. The number of benzene rings is 1. The van der Waals surface area contributed by atoms with Gasteiger partial charge in [0.15, 0.2) is 0 Å². The molecule has 0 radical (unpaired) electrons. The van der Waals surface area contributed by atoms with Crippen LogP contribution >= 0.6 is 24.8 Å². The van der Waals surface area contributed by atoms with Gasteiger partial charge in [-0.25, -0.2) is 4.79 Å². The largest absolute Gasteiger partial charge is 0.478 e. The molecule has 0 atom stereocenters. The van der Waals surface area contributed by atoms with Crippen molar-refractivity contribution in [1.29, 1.82) is 0 Å². The first-order chi connectivity index (χ1) is 9.72. The first-order valence-corrected chi connectivity index (χ1v) is 6.78. The molecule has 0 bridgehead atoms. The van der Waals surface area contributed by atoms with Crippen molar-refractivity contribution < 1.29 is 9.90 Å². The van der Waals surface area contributed by atoms with E-state index in [1.807, 2.05) is 6.07 Å². The summed E-state index contributed by atoms with van der Waals surface area (Å²) in [6.45, 7) is 3.20. The van der Waals surface area contributed by atoms with Crippen molar-refractivity contribution in [2.45, 2.75) is 19.3 Å².